The minimum absolute atomic E-state index is 0.0101. The van der Waals surface area contributed by atoms with Crippen molar-refractivity contribution in [2.75, 3.05) is 4.90 Å². The maximum atomic E-state index is 12.7. The third-order valence-electron chi connectivity index (χ3n) is 4.29. The number of rotatable bonds is 3. The second-order valence-corrected chi connectivity index (χ2v) is 6.44. The number of aryl methyl sites for hydroxylation is 1. The molecule has 2 bridgehead atoms. The Morgan fingerprint density at radius 1 is 1.33 bits per heavy atom. The molecule has 1 fully saturated rings. The van der Waals surface area contributed by atoms with E-state index in [1.54, 1.807) is 6.07 Å². The van der Waals surface area contributed by atoms with Gasteiger partial charge in [-0.2, -0.15) is 0 Å². The third-order valence-corrected chi connectivity index (χ3v) is 5.18. The second-order valence-electron chi connectivity index (χ2n) is 5.58. The minimum atomic E-state index is -0.297. The Labute approximate surface area is 131 Å². The molecule has 0 radical (unpaired) electrons. The van der Waals surface area contributed by atoms with E-state index in [0.29, 0.717) is 12.1 Å². The first-order chi connectivity index (χ1) is 10.0. The molecule has 0 aliphatic carbocycles. The van der Waals surface area contributed by atoms with Crippen molar-refractivity contribution in [1.29, 1.82) is 0 Å². The first-order valence-electron chi connectivity index (χ1n) is 6.91. The van der Waals surface area contributed by atoms with Crippen LogP contribution in [0.25, 0.3) is 0 Å². The van der Waals surface area contributed by atoms with Crippen LogP contribution < -0.4 is 4.90 Å². The molecule has 0 saturated carbocycles. The molecule has 0 N–H and O–H groups in total. The van der Waals surface area contributed by atoms with Crippen molar-refractivity contribution < 1.29 is 14.3 Å². The molecule has 3 rings (SSSR count). The van der Waals surface area contributed by atoms with E-state index in [9.17, 15) is 9.59 Å². The Kier molecular flexibility index (Phi) is 3.71. The second kappa shape index (κ2) is 5.39. The van der Waals surface area contributed by atoms with Crippen LogP contribution in [0.4, 0.5) is 5.69 Å². The van der Waals surface area contributed by atoms with E-state index >= 15 is 0 Å². The number of carbonyl (C=O) groups excluding carboxylic acids is 2. The molecule has 110 valence electrons. The van der Waals surface area contributed by atoms with Crippen LogP contribution in [0.15, 0.2) is 34.8 Å². The van der Waals surface area contributed by atoms with Crippen molar-refractivity contribution in [1.82, 2.24) is 0 Å². The number of imide groups is 1. The number of ether oxygens (including phenoxy) is 1. The highest BCUT2D eigenvalue weighted by atomic mass is 79.9. The summed E-state index contributed by atoms with van der Waals surface area (Å²) in [5.41, 5.74) is 1.57. The van der Waals surface area contributed by atoms with E-state index in [1.807, 2.05) is 38.1 Å². The van der Waals surface area contributed by atoms with Crippen LogP contribution in [-0.4, -0.2) is 24.5 Å². The van der Waals surface area contributed by atoms with Crippen molar-refractivity contribution >= 4 is 33.9 Å². The van der Waals surface area contributed by atoms with Crippen LogP contribution in [0, 0.1) is 18.8 Å². The fourth-order valence-electron chi connectivity index (χ4n) is 3.04. The lowest BCUT2D eigenvalue weighted by Crippen LogP contribution is -2.41. The average molecular weight is 350 g/mol. The van der Waals surface area contributed by atoms with Crippen molar-refractivity contribution in [3.63, 3.8) is 0 Å². The molecule has 2 amide bonds. The summed E-state index contributed by atoms with van der Waals surface area (Å²) in [7, 11) is 0. The highest BCUT2D eigenvalue weighted by Gasteiger charge is 2.48. The van der Waals surface area contributed by atoms with E-state index < -0.39 is 0 Å². The van der Waals surface area contributed by atoms with Gasteiger partial charge in [-0.15, -0.1) is 0 Å². The van der Waals surface area contributed by atoms with Crippen molar-refractivity contribution in [2.45, 2.75) is 26.1 Å². The average Bonchev–Trinajstić information content (AvgIpc) is 3.04. The van der Waals surface area contributed by atoms with Gasteiger partial charge in [0.15, 0.2) is 0 Å². The molecule has 2 heterocycles. The zero-order valence-electron chi connectivity index (χ0n) is 11.8. The molecule has 2 aliphatic heterocycles. The summed E-state index contributed by atoms with van der Waals surface area (Å²) in [5.74, 6) is -0.406. The summed E-state index contributed by atoms with van der Waals surface area (Å²) in [5, 5.41) is 0. The van der Waals surface area contributed by atoms with E-state index in [2.05, 4.69) is 15.9 Å². The number of fused-ring (bicyclic) bond motifs is 2. The van der Waals surface area contributed by atoms with Gasteiger partial charge in [0.1, 0.15) is 0 Å². The number of carbonyl (C=O) groups is 2. The van der Waals surface area contributed by atoms with E-state index in [-0.39, 0.29) is 30.0 Å². The maximum absolute atomic E-state index is 12.7. The van der Waals surface area contributed by atoms with E-state index in [0.717, 1.165) is 10.0 Å². The fraction of sp³-hybridized carbons (Fsp3) is 0.375. The minimum Gasteiger partial charge on any atom is -0.366 e. The van der Waals surface area contributed by atoms with Gasteiger partial charge >= 0.3 is 0 Å². The molecule has 0 spiro atoms. The summed E-state index contributed by atoms with van der Waals surface area (Å²) in [6.07, 6.45) is 4.28. The van der Waals surface area contributed by atoms with Gasteiger partial charge in [0.25, 0.3) is 0 Å². The lowest BCUT2D eigenvalue weighted by atomic mass is 9.83. The molecule has 2 unspecified atom stereocenters. The number of benzene rings is 1. The summed E-state index contributed by atoms with van der Waals surface area (Å²) in [4.78, 5) is 25.4. The maximum Gasteiger partial charge on any atom is 0.239 e. The molecule has 0 aromatic heterocycles. The molecule has 21 heavy (non-hydrogen) atoms. The van der Waals surface area contributed by atoms with E-state index in [4.69, 9.17) is 4.74 Å². The quantitative estimate of drug-likeness (QED) is 0.622. The lowest BCUT2D eigenvalue weighted by Gasteiger charge is -2.25. The fourth-order valence-corrected chi connectivity index (χ4v) is 3.29. The largest absolute Gasteiger partial charge is 0.366 e. The Balaban J connectivity index is 1.89. The van der Waals surface area contributed by atoms with Crippen LogP contribution in [-0.2, 0) is 14.3 Å². The number of nitrogens with zero attached hydrogens (tertiary/aromatic N) is 1. The monoisotopic (exact) mass is 349 g/mol. The third kappa shape index (κ3) is 2.34. The zero-order valence-corrected chi connectivity index (χ0v) is 13.4. The van der Waals surface area contributed by atoms with Gasteiger partial charge in [-0.3, -0.25) is 14.5 Å². The molecule has 4 atom stereocenters. The Bertz CT molecular complexity index is 628. The number of hydrogen-bond acceptors (Lipinski definition) is 3. The van der Waals surface area contributed by atoms with Crippen LogP contribution in [0.1, 0.15) is 12.5 Å². The van der Waals surface area contributed by atoms with Gasteiger partial charge < -0.3 is 4.74 Å². The van der Waals surface area contributed by atoms with Gasteiger partial charge in [0, 0.05) is 10.4 Å². The van der Waals surface area contributed by atoms with Gasteiger partial charge in [-0.05, 0) is 30.7 Å². The Morgan fingerprint density at radius 2 is 2.05 bits per heavy atom. The Hall–Kier alpha value is -1.46. The number of halogens is 1. The number of anilines is 1. The predicted octanol–water partition coefficient (Wildman–Crippen LogP) is 2.84. The van der Waals surface area contributed by atoms with Crippen LogP contribution in [0.2, 0.25) is 0 Å². The molecule has 1 aromatic rings. The molecular formula is C16H16BrNO3. The molecule has 1 aromatic carbocycles. The molecule has 2 aliphatic rings. The summed E-state index contributed by atoms with van der Waals surface area (Å²) >= 11 is 3.42. The van der Waals surface area contributed by atoms with E-state index in [1.165, 1.54) is 4.90 Å². The first kappa shape index (κ1) is 14.5. The van der Waals surface area contributed by atoms with Crippen LogP contribution in [0.3, 0.4) is 0 Å². The SMILES string of the molecule is Cc1cc(N(C=O)C(=O)[C@H]2C3C=CC(O3)[C@H]2C)ccc1Br. The standard InChI is InChI=1S/C16H16BrNO3/c1-9-7-11(3-4-12(9)17)18(8-19)16(20)15-10(2)13-5-6-14(15)21-13/h3-8,10,13-15H,1-2H3/t10-,13?,14?,15-/m1/s1. The van der Waals surface area contributed by atoms with Crippen molar-refractivity contribution in [3.8, 4) is 0 Å². The van der Waals surface area contributed by atoms with Gasteiger partial charge in [-0.25, -0.2) is 0 Å². The van der Waals surface area contributed by atoms with Gasteiger partial charge in [0.05, 0.1) is 23.8 Å². The van der Waals surface area contributed by atoms with Gasteiger partial charge in [-0.1, -0.05) is 35.0 Å². The van der Waals surface area contributed by atoms with Crippen molar-refractivity contribution in [3.05, 3.63) is 40.4 Å². The normalized spacial score (nSPS) is 29.7. The molecular weight excluding hydrogens is 334 g/mol. The van der Waals surface area contributed by atoms with Crippen molar-refractivity contribution in [2.24, 2.45) is 11.8 Å². The highest BCUT2D eigenvalue weighted by Crippen LogP contribution is 2.40. The zero-order chi connectivity index (χ0) is 15.1. The van der Waals surface area contributed by atoms with Crippen LogP contribution in [0.5, 0.6) is 0 Å². The molecule has 1 saturated heterocycles. The summed E-state index contributed by atoms with van der Waals surface area (Å²) in [6, 6.07) is 5.43. The number of amides is 2. The van der Waals surface area contributed by atoms with Crippen LogP contribution >= 0.6 is 15.9 Å². The molecule has 5 heteroatoms. The predicted molar refractivity (Wildman–Crippen MR) is 82.9 cm³/mol. The molecule has 4 nitrogen and oxygen atoms in total. The van der Waals surface area contributed by atoms with Gasteiger partial charge in [0.2, 0.25) is 12.3 Å². The summed E-state index contributed by atoms with van der Waals surface area (Å²) in [6.45, 7) is 3.92. The highest BCUT2D eigenvalue weighted by molar-refractivity contribution is 9.10. The smallest absolute Gasteiger partial charge is 0.239 e. The topological polar surface area (TPSA) is 46.6 Å². The number of hydrogen-bond donors (Lipinski definition) is 0. The first-order valence-corrected chi connectivity index (χ1v) is 7.70. The Morgan fingerprint density at radius 3 is 2.62 bits per heavy atom. The lowest BCUT2D eigenvalue weighted by molar-refractivity contribution is -0.126. The summed E-state index contributed by atoms with van der Waals surface area (Å²) < 4.78 is 6.66.